The number of urea groups is 1. The van der Waals surface area contributed by atoms with E-state index in [-0.39, 0.29) is 6.03 Å². The molecule has 2 saturated heterocycles. The van der Waals surface area contributed by atoms with Crippen LogP contribution in [0.1, 0.15) is 6.42 Å². The highest BCUT2D eigenvalue weighted by Gasteiger charge is 2.37. The van der Waals surface area contributed by atoms with Crippen molar-refractivity contribution in [3.05, 3.63) is 59.8 Å². The van der Waals surface area contributed by atoms with Gasteiger partial charge in [0.1, 0.15) is 12.4 Å². The van der Waals surface area contributed by atoms with Crippen molar-refractivity contribution in [1.29, 1.82) is 0 Å². The Hall–Kier alpha value is -3.07. The first-order chi connectivity index (χ1) is 16.0. The molecule has 2 atom stereocenters. The van der Waals surface area contributed by atoms with E-state index in [0.29, 0.717) is 35.1 Å². The number of halogens is 1. The number of fused-ring (bicyclic) bond motifs is 2. The van der Waals surface area contributed by atoms with Crippen molar-refractivity contribution >= 4 is 29.0 Å². The van der Waals surface area contributed by atoms with E-state index in [1.165, 1.54) is 6.42 Å². The summed E-state index contributed by atoms with van der Waals surface area (Å²) in [5.41, 5.74) is 3.11. The van der Waals surface area contributed by atoms with Gasteiger partial charge in [-0.2, -0.15) is 5.10 Å². The van der Waals surface area contributed by atoms with Crippen LogP contribution in [0.2, 0.25) is 5.02 Å². The number of nitrogens with zero attached hydrogens (tertiary/aromatic N) is 3. The molecule has 2 aromatic carbocycles. The molecule has 2 fully saturated rings. The normalized spacial score (nSPS) is 19.6. The fraction of sp³-hybridized carbons (Fsp3) is 0.333. The number of benzene rings is 2. The van der Waals surface area contributed by atoms with Crippen LogP contribution in [0, 0.1) is 0 Å². The summed E-state index contributed by atoms with van der Waals surface area (Å²) in [7, 11) is 1.89. The second kappa shape index (κ2) is 9.43. The maximum Gasteiger partial charge on any atom is 0.323 e. The number of carbonyl (C=O) groups excluding carboxylic acids is 1. The van der Waals surface area contributed by atoms with E-state index in [1.807, 2.05) is 31.3 Å². The second-order valence-corrected chi connectivity index (χ2v) is 8.91. The number of ether oxygens (including phenoxy) is 1. The third-order valence-corrected chi connectivity index (χ3v) is 6.49. The number of nitrogens with one attached hydrogen (secondary N) is 3. The highest BCUT2D eigenvalue weighted by atomic mass is 35.5. The van der Waals surface area contributed by atoms with Gasteiger partial charge >= 0.3 is 6.03 Å². The lowest BCUT2D eigenvalue weighted by Crippen LogP contribution is -2.45. The van der Waals surface area contributed by atoms with Gasteiger partial charge in [-0.3, -0.25) is 9.58 Å². The maximum absolute atomic E-state index is 12.5. The zero-order valence-corrected chi connectivity index (χ0v) is 19.2. The van der Waals surface area contributed by atoms with Crippen molar-refractivity contribution < 1.29 is 9.53 Å². The monoisotopic (exact) mass is 466 g/mol. The average Bonchev–Trinajstić information content (AvgIpc) is 3.53. The summed E-state index contributed by atoms with van der Waals surface area (Å²) in [5, 5.41) is 14.1. The molecule has 3 heterocycles. The Morgan fingerprint density at radius 1 is 1.18 bits per heavy atom. The molecule has 5 rings (SSSR count). The number of aromatic nitrogens is 2. The molecule has 0 spiro atoms. The molecule has 2 bridgehead atoms. The van der Waals surface area contributed by atoms with Crippen LogP contribution in [-0.2, 0) is 7.05 Å². The molecular formula is C24H27ClN6O2. The summed E-state index contributed by atoms with van der Waals surface area (Å²) in [5.74, 6) is 0.768. The van der Waals surface area contributed by atoms with Gasteiger partial charge in [0.2, 0.25) is 0 Å². The Balaban J connectivity index is 1.28. The van der Waals surface area contributed by atoms with Crippen molar-refractivity contribution in [2.45, 2.75) is 18.5 Å². The van der Waals surface area contributed by atoms with Gasteiger partial charge in [-0.1, -0.05) is 11.6 Å². The highest BCUT2D eigenvalue weighted by molar-refractivity contribution is 6.30. The van der Waals surface area contributed by atoms with Crippen LogP contribution in [0.15, 0.2) is 54.7 Å². The molecule has 3 N–H and O–H groups in total. The fourth-order valence-corrected chi connectivity index (χ4v) is 4.72. The van der Waals surface area contributed by atoms with Crippen LogP contribution >= 0.6 is 11.6 Å². The molecule has 9 heteroatoms. The molecule has 0 radical (unpaired) electrons. The zero-order chi connectivity index (χ0) is 22.8. The van der Waals surface area contributed by atoms with Gasteiger partial charge in [-0.05, 0) is 55.0 Å². The smallest absolute Gasteiger partial charge is 0.323 e. The number of rotatable bonds is 7. The third-order valence-electron chi connectivity index (χ3n) is 6.24. The Bertz CT molecular complexity index is 1130. The minimum absolute atomic E-state index is 0.334. The minimum Gasteiger partial charge on any atom is -0.492 e. The number of carbonyl (C=O) groups is 1. The van der Waals surface area contributed by atoms with E-state index in [4.69, 9.17) is 16.3 Å². The molecule has 0 aliphatic carbocycles. The molecule has 2 amide bonds. The first kappa shape index (κ1) is 21.8. The van der Waals surface area contributed by atoms with Crippen LogP contribution in [0.5, 0.6) is 5.75 Å². The molecular weight excluding hydrogens is 440 g/mol. The number of amides is 2. The Morgan fingerprint density at radius 2 is 1.97 bits per heavy atom. The fourth-order valence-electron chi connectivity index (χ4n) is 4.59. The average molecular weight is 467 g/mol. The molecule has 172 valence electrons. The van der Waals surface area contributed by atoms with E-state index >= 15 is 0 Å². The van der Waals surface area contributed by atoms with Crippen LogP contribution in [0.3, 0.4) is 0 Å². The van der Waals surface area contributed by atoms with Crippen LogP contribution < -0.4 is 20.7 Å². The topological polar surface area (TPSA) is 83.5 Å². The van der Waals surface area contributed by atoms with Crippen molar-refractivity contribution in [1.82, 2.24) is 20.0 Å². The summed E-state index contributed by atoms with van der Waals surface area (Å²) in [4.78, 5) is 15.0. The van der Waals surface area contributed by atoms with E-state index in [1.54, 1.807) is 35.1 Å². The van der Waals surface area contributed by atoms with E-state index in [0.717, 1.165) is 36.6 Å². The van der Waals surface area contributed by atoms with Gasteiger partial charge in [0.25, 0.3) is 0 Å². The molecule has 3 aromatic rings. The number of aryl methyl sites for hydroxylation is 1. The SMILES string of the molecule is Cn1nccc1-c1cc(NC(=O)Nc2ccc(Cl)cc2)ccc1OCCN1CC2CC1CN2. The summed E-state index contributed by atoms with van der Waals surface area (Å²) < 4.78 is 8.00. The van der Waals surface area contributed by atoms with Crippen LogP contribution in [0.25, 0.3) is 11.3 Å². The van der Waals surface area contributed by atoms with Gasteiger partial charge in [0, 0.05) is 66.9 Å². The lowest BCUT2D eigenvalue weighted by Gasteiger charge is -2.27. The lowest BCUT2D eigenvalue weighted by atomic mass is 10.1. The predicted octanol–water partition coefficient (Wildman–Crippen LogP) is 3.81. The van der Waals surface area contributed by atoms with E-state index in [2.05, 4.69) is 25.9 Å². The summed E-state index contributed by atoms with van der Waals surface area (Å²) in [6, 6.07) is 15.5. The first-order valence-corrected chi connectivity index (χ1v) is 11.5. The molecule has 33 heavy (non-hydrogen) atoms. The van der Waals surface area contributed by atoms with Crippen LogP contribution in [-0.4, -0.2) is 59.0 Å². The van der Waals surface area contributed by atoms with Crippen molar-refractivity contribution in [2.24, 2.45) is 7.05 Å². The Labute approximate surface area is 197 Å². The van der Waals surface area contributed by atoms with Crippen molar-refractivity contribution in [3.8, 4) is 17.0 Å². The van der Waals surface area contributed by atoms with Gasteiger partial charge in [-0.15, -0.1) is 0 Å². The lowest BCUT2D eigenvalue weighted by molar-refractivity contribution is 0.180. The standard InChI is InChI=1S/C24H27ClN6O2/c1-30-22(8-9-27-30)21-13-18(29-24(32)28-17-4-2-16(25)3-5-17)6-7-23(21)33-11-10-31-15-19-12-20(31)14-26-19/h2-9,13,19-20,26H,10-12,14-15H2,1H3,(H2,28,29,32). The number of hydrogen-bond acceptors (Lipinski definition) is 5. The Morgan fingerprint density at radius 3 is 2.67 bits per heavy atom. The van der Waals surface area contributed by atoms with Gasteiger partial charge in [0.15, 0.2) is 0 Å². The number of anilines is 2. The van der Waals surface area contributed by atoms with E-state index in [9.17, 15) is 4.79 Å². The summed E-state index contributed by atoms with van der Waals surface area (Å²) in [6.07, 6.45) is 2.99. The molecule has 2 aliphatic rings. The molecule has 0 saturated carbocycles. The largest absolute Gasteiger partial charge is 0.492 e. The third kappa shape index (κ3) is 4.98. The molecule has 2 unspecified atom stereocenters. The highest BCUT2D eigenvalue weighted by Crippen LogP contribution is 2.33. The predicted molar refractivity (Wildman–Crippen MR) is 130 cm³/mol. The maximum atomic E-state index is 12.5. The number of likely N-dealkylation sites (tertiary alicyclic amines) is 1. The quantitative estimate of drug-likeness (QED) is 0.493. The molecule has 8 nitrogen and oxygen atoms in total. The Kier molecular flexibility index (Phi) is 6.22. The number of piperazine rings is 1. The zero-order valence-electron chi connectivity index (χ0n) is 18.4. The van der Waals surface area contributed by atoms with Crippen molar-refractivity contribution in [2.75, 3.05) is 36.9 Å². The van der Waals surface area contributed by atoms with Crippen LogP contribution in [0.4, 0.5) is 16.2 Å². The number of hydrogen-bond donors (Lipinski definition) is 3. The first-order valence-electron chi connectivity index (χ1n) is 11.1. The van der Waals surface area contributed by atoms with Gasteiger partial charge < -0.3 is 20.7 Å². The second-order valence-electron chi connectivity index (χ2n) is 8.48. The summed E-state index contributed by atoms with van der Waals surface area (Å²) >= 11 is 5.91. The van der Waals surface area contributed by atoms with Crippen molar-refractivity contribution in [3.63, 3.8) is 0 Å². The van der Waals surface area contributed by atoms with Gasteiger partial charge in [0.05, 0.1) is 5.69 Å². The van der Waals surface area contributed by atoms with Gasteiger partial charge in [-0.25, -0.2) is 4.79 Å². The molecule has 2 aliphatic heterocycles. The summed E-state index contributed by atoms with van der Waals surface area (Å²) in [6.45, 7) is 3.67. The molecule has 1 aromatic heterocycles. The minimum atomic E-state index is -0.334. The van der Waals surface area contributed by atoms with E-state index < -0.39 is 0 Å².